The third kappa shape index (κ3) is 8.24. The van der Waals surface area contributed by atoms with Gasteiger partial charge in [0, 0.05) is 18.1 Å². The summed E-state index contributed by atoms with van der Waals surface area (Å²) in [4.78, 5) is 27.6. The Hall–Kier alpha value is -2.50. The number of sulfonamides is 1. The predicted octanol–water partition coefficient (Wildman–Crippen LogP) is 5.11. The van der Waals surface area contributed by atoms with Crippen LogP contribution in [0.2, 0.25) is 10.0 Å². The molecule has 13 heteroatoms. The molecule has 0 aliphatic rings. The van der Waals surface area contributed by atoms with Gasteiger partial charge in [-0.1, -0.05) is 55.2 Å². The minimum Gasteiger partial charge on any atom is -0.354 e. The lowest BCUT2D eigenvalue weighted by Gasteiger charge is -2.33. The number of hydrogen-bond acceptors (Lipinski definition) is 4. The SMILES string of the molecule is CCCNC(=O)[C@@H](CC)N(Cc1ccccc1Cl)C(=O)CN(c1ccc(Cl)c(C(F)(F)F)c1)S(C)(=O)=O. The quantitative estimate of drug-likeness (QED) is 0.399. The normalized spacial score (nSPS) is 12.6. The standard InChI is InChI=1S/C24H28Cl2F3N3O4S/c1-4-12-30-23(34)21(5-2)31(14-16-8-6-7-9-19(16)25)22(33)15-32(37(3,35)36)17-10-11-20(26)18(13-17)24(27,28)29/h6-11,13,21H,4-5,12,14-15H2,1-3H3,(H,30,34)/t21-/m1/s1. The van der Waals surface area contributed by atoms with Crippen LogP contribution < -0.4 is 9.62 Å². The van der Waals surface area contributed by atoms with Crippen LogP contribution in [-0.2, 0) is 32.3 Å². The van der Waals surface area contributed by atoms with E-state index in [1.54, 1.807) is 31.2 Å². The lowest BCUT2D eigenvalue weighted by atomic mass is 10.1. The first-order chi connectivity index (χ1) is 17.2. The fourth-order valence-electron chi connectivity index (χ4n) is 3.59. The summed E-state index contributed by atoms with van der Waals surface area (Å²) in [5, 5.41) is 2.44. The van der Waals surface area contributed by atoms with E-state index in [2.05, 4.69) is 5.32 Å². The Morgan fingerprint density at radius 1 is 1.05 bits per heavy atom. The van der Waals surface area contributed by atoms with E-state index < -0.39 is 56.9 Å². The van der Waals surface area contributed by atoms with Crippen LogP contribution in [0, 0.1) is 0 Å². The van der Waals surface area contributed by atoms with Gasteiger partial charge in [-0.3, -0.25) is 13.9 Å². The molecule has 2 rings (SSSR count). The second-order valence-electron chi connectivity index (χ2n) is 8.26. The molecule has 37 heavy (non-hydrogen) atoms. The Labute approximate surface area is 224 Å². The summed E-state index contributed by atoms with van der Waals surface area (Å²) in [6, 6.07) is 8.22. The molecule has 0 radical (unpaired) electrons. The third-order valence-corrected chi connectivity index (χ3v) is 7.30. The molecular weight excluding hydrogens is 554 g/mol. The molecule has 204 valence electrons. The van der Waals surface area contributed by atoms with E-state index in [1.165, 1.54) is 4.90 Å². The first kappa shape index (κ1) is 30.7. The van der Waals surface area contributed by atoms with Crippen LogP contribution in [-0.4, -0.2) is 50.5 Å². The molecule has 7 nitrogen and oxygen atoms in total. The van der Waals surface area contributed by atoms with E-state index in [-0.39, 0.29) is 13.0 Å². The largest absolute Gasteiger partial charge is 0.417 e. The summed E-state index contributed by atoms with van der Waals surface area (Å²) < 4.78 is 66.0. The van der Waals surface area contributed by atoms with Gasteiger partial charge in [0.15, 0.2) is 0 Å². The molecule has 1 atom stereocenters. The van der Waals surface area contributed by atoms with Crippen LogP contribution in [0.3, 0.4) is 0 Å². The number of carbonyl (C=O) groups is 2. The molecule has 0 unspecified atom stereocenters. The highest BCUT2D eigenvalue weighted by Crippen LogP contribution is 2.37. The summed E-state index contributed by atoms with van der Waals surface area (Å²) in [5.74, 6) is -1.24. The van der Waals surface area contributed by atoms with Gasteiger partial charge in [0.25, 0.3) is 0 Å². The van der Waals surface area contributed by atoms with Crippen molar-refractivity contribution < 1.29 is 31.2 Å². The van der Waals surface area contributed by atoms with Crippen LogP contribution in [0.5, 0.6) is 0 Å². The van der Waals surface area contributed by atoms with Crippen LogP contribution >= 0.6 is 23.2 Å². The van der Waals surface area contributed by atoms with E-state index in [0.717, 1.165) is 18.4 Å². The number of nitrogens with one attached hydrogen (secondary N) is 1. The Balaban J connectivity index is 2.52. The zero-order valence-corrected chi connectivity index (χ0v) is 22.8. The van der Waals surface area contributed by atoms with E-state index in [1.807, 2.05) is 6.92 Å². The van der Waals surface area contributed by atoms with Gasteiger partial charge in [-0.05, 0) is 42.7 Å². The summed E-state index contributed by atoms with van der Waals surface area (Å²) >= 11 is 11.9. The molecule has 0 spiro atoms. The topological polar surface area (TPSA) is 86.8 Å². The molecule has 0 bridgehead atoms. The number of anilines is 1. The summed E-state index contributed by atoms with van der Waals surface area (Å²) in [6.07, 6.45) is -3.22. The van der Waals surface area contributed by atoms with Gasteiger partial charge < -0.3 is 10.2 Å². The molecule has 2 amide bonds. The van der Waals surface area contributed by atoms with Crippen LogP contribution in [0.25, 0.3) is 0 Å². The number of amides is 2. The molecule has 0 heterocycles. The van der Waals surface area contributed by atoms with Crippen molar-refractivity contribution >= 4 is 50.7 Å². The average molecular weight is 582 g/mol. The maximum atomic E-state index is 13.6. The highest BCUT2D eigenvalue weighted by molar-refractivity contribution is 7.92. The average Bonchev–Trinajstić information content (AvgIpc) is 2.81. The molecule has 0 aliphatic heterocycles. The predicted molar refractivity (Wildman–Crippen MR) is 138 cm³/mol. The number of nitrogens with zero attached hydrogens (tertiary/aromatic N) is 2. The van der Waals surface area contributed by atoms with Crippen LogP contribution in [0.15, 0.2) is 42.5 Å². The molecule has 0 saturated carbocycles. The third-order valence-electron chi connectivity index (χ3n) is 5.46. The van der Waals surface area contributed by atoms with Crippen molar-refractivity contribution in [3.8, 4) is 0 Å². The first-order valence-electron chi connectivity index (χ1n) is 11.4. The van der Waals surface area contributed by atoms with Crippen molar-refractivity contribution in [3.05, 3.63) is 63.6 Å². The lowest BCUT2D eigenvalue weighted by Crippen LogP contribution is -2.52. The molecule has 2 aromatic rings. The lowest BCUT2D eigenvalue weighted by molar-refractivity contribution is -0.140. The zero-order chi connectivity index (χ0) is 28.0. The number of rotatable bonds is 11. The Morgan fingerprint density at radius 2 is 1.70 bits per heavy atom. The van der Waals surface area contributed by atoms with Crippen molar-refractivity contribution in [2.24, 2.45) is 0 Å². The van der Waals surface area contributed by atoms with E-state index in [0.29, 0.717) is 33.9 Å². The van der Waals surface area contributed by atoms with Gasteiger partial charge in [-0.15, -0.1) is 0 Å². The monoisotopic (exact) mass is 581 g/mol. The van der Waals surface area contributed by atoms with Crippen molar-refractivity contribution in [1.82, 2.24) is 10.2 Å². The molecule has 0 fully saturated rings. The second kappa shape index (κ2) is 12.8. The highest BCUT2D eigenvalue weighted by Gasteiger charge is 2.36. The minimum absolute atomic E-state index is 0.122. The maximum Gasteiger partial charge on any atom is 0.417 e. The van der Waals surface area contributed by atoms with Crippen LogP contribution in [0.1, 0.15) is 37.8 Å². The minimum atomic E-state index is -4.85. The van der Waals surface area contributed by atoms with E-state index >= 15 is 0 Å². The van der Waals surface area contributed by atoms with Crippen molar-refractivity contribution in [2.45, 2.75) is 45.5 Å². The Morgan fingerprint density at radius 3 is 2.24 bits per heavy atom. The number of benzene rings is 2. The summed E-state index contributed by atoms with van der Waals surface area (Å²) in [7, 11) is -4.22. The molecule has 0 aliphatic carbocycles. The number of hydrogen-bond donors (Lipinski definition) is 1. The second-order valence-corrected chi connectivity index (χ2v) is 11.0. The fraction of sp³-hybridized carbons (Fsp3) is 0.417. The number of alkyl halides is 3. The fourth-order valence-corrected chi connectivity index (χ4v) is 4.86. The van der Waals surface area contributed by atoms with Gasteiger partial charge in [0.1, 0.15) is 12.6 Å². The van der Waals surface area contributed by atoms with Gasteiger partial charge in [-0.25, -0.2) is 8.42 Å². The first-order valence-corrected chi connectivity index (χ1v) is 14.0. The summed E-state index contributed by atoms with van der Waals surface area (Å²) in [6.45, 7) is 2.94. The molecular formula is C24H28Cl2F3N3O4S. The number of carbonyl (C=O) groups excluding carboxylic acids is 2. The maximum absolute atomic E-state index is 13.6. The zero-order valence-electron chi connectivity index (χ0n) is 20.5. The van der Waals surface area contributed by atoms with E-state index in [9.17, 15) is 31.2 Å². The van der Waals surface area contributed by atoms with Crippen molar-refractivity contribution in [2.75, 3.05) is 23.7 Å². The smallest absolute Gasteiger partial charge is 0.354 e. The van der Waals surface area contributed by atoms with Crippen LogP contribution in [0.4, 0.5) is 18.9 Å². The van der Waals surface area contributed by atoms with Gasteiger partial charge in [0.2, 0.25) is 21.8 Å². The molecule has 2 aromatic carbocycles. The number of halogens is 5. The Bertz CT molecular complexity index is 1230. The van der Waals surface area contributed by atoms with Gasteiger partial charge in [0.05, 0.1) is 22.5 Å². The summed E-state index contributed by atoms with van der Waals surface area (Å²) in [5.41, 5.74) is -1.13. The van der Waals surface area contributed by atoms with Crippen molar-refractivity contribution in [1.29, 1.82) is 0 Å². The van der Waals surface area contributed by atoms with Gasteiger partial charge >= 0.3 is 6.18 Å². The Kier molecular flexibility index (Phi) is 10.7. The van der Waals surface area contributed by atoms with Crippen molar-refractivity contribution in [3.63, 3.8) is 0 Å². The molecule has 1 N–H and O–H groups in total. The van der Waals surface area contributed by atoms with E-state index in [4.69, 9.17) is 23.2 Å². The van der Waals surface area contributed by atoms with Gasteiger partial charge in [-0.2, -0.15) is 13.2 Å². The highest BCUT2D eigenvalue weighted by atomic mass is 35.5. The molecule has 0 aromatic heterocycles. The molecule has 0 saturated heterocycles.